The third kappa shape index (κ3) is 6.15. The van der Waals surface area contributed by atoms with Crippen LogP contribution >= 0.6 is 11.6 Å². The number of benzene rings is 1. The van der Waals surface area contributed by atoms with Gasteiger partial charge in [0.2, 0.25) is 5.91 Å². The van der Waals surface area contributed by atoms with Gasteiger partial charge in [0.15, 0.2) is 5.78 Å². The van der Waals surface area contributed by atoms with Crippen LogP contribution in [0, 0.1) is 55.7 Å². The number of carboxylic acid groups (broad SMARTS) is 1. The molecule has 1 aromatic carbocycles. The van der Waals surface area contributed by atoms with Gasteiger partial charge < -0.3 is 15.2 Å². The molecule has 7 rings (SSSR count). The molecule has 312 valence electrons. The lowest BCUT2D eigenvalue weighted by Gasteiger charge is -2.75. The van der Waals surface area contributed by atoms with Crippen LogP contribution < -0.4 is 5.32 Å². The number of ether oxygens (including phenoxy) is 1. The van der Waals surface area contributed by atoms with Crippen molar-refractivity contribution >= 4 is 35.2 Å². The molecule has 1 aromatic rings. The Hall–Kier alpha value is -2.93. The van der Waals surface area contributed by atoms with Crippen molar-refractivity contribution in [1.29, 1.82) is 0 Å². The van der Waals surface area contributed by atoms with Crippen LogP contribution in [0.1, 0.15) is 159 Å². The number of halogens is 1. The van der Waals surface area contributed by atoms with Gasteiger partial charge in [-0.25, -0.2) is 0 Å². The van der Waals surface area contributed by atoms with Crippen molar-refractivity contribution in [2.45, 2.75) is 165 Å². The standard InChI is InChI=1S/C49H68ClNO6/c1-29(2)38-34(52)27-48(26-30(3)40(54)51-49(24-25-49)31-12-14-32(50)15-13-31)23-21-44(8)33(39(38)48)16-17-35-45(44,9)20-22-47(11)43(6,7)36(18-19-46(35,47)10)57-37(53)28-42(4,5)41(55)56/h12-15,26,29,33,35-36H,16-25,27-28H2,1-11H3,(H,51,54)(H,55,56). The van der Waals surface area contributed by atoms with Crippen LogP contribution in [0.15, 0.2) is 47.1 Å². The van der Waals surface area contributed by atoms with Crippen LogP contribution in [0.4, 0.5) is 0 Å². The Bertz CT molecular complexity index is 1940. The third-order valence-electron chi connectivity index (χ3n) is 18.3. The van der Waals surface area contributed by atoms with Gasteiger partial charge in [-0.15, -0.1) is 0 Å². The highest BCUT2D eigenvalue weighted by Gasteiger charge is 2.73. The van der Waals surface area contributed by atoms with Gasteiger partial charge in [-0.05, 0) is 153 Å². The molecule has 5 saturated carbocycles. The molecule has 2 N–H and O–H groups in total. The number of nitrogens with one attached hydrogen (secondary N) is 1. The summed E-state index contributed by atoms with van der Waals surface area (Å²) in [6.07, 6.45) is 11.7. The van der Waals surface area contributed by atoms with Crippen molar-refractivity contribution in [2.24, 2.45) is 55.7 Å². The van der Waals surface area contributed by atoms with Crippen LogP contribution in [0.3, 0.4) is 0 Å². The molecule has 8 unspecified atom stereocenters. The topological polar surface area (TPSA) is 110 Å². The molecule has 6 aliphatic rings. The van der Waals surface area contributed by atoms with Crippen molar-refractivity contribution in [1.82, 2.24) is 5.32 Å². The van der Waals surface area contributed by atoms with Gasteiger partial charge >= 0.3 is 11.9 Å². The van der Waals surface area contributed by atoms with Crippen LogP contribution in [-0.2, 0) is 29.5 Å². The lowest BCUT2D eigenvalue weighted by atomic mass is 9.29. The van der Waals surface area contributed by atoms with Gasteiger partial charge in [-0.3, -0.25) is 19.2 Å². The first-order chi connectivity index (χ1) is 26.3. The van der Waals surface area contributed by atoms with E-state index in [1.807, 2.05) is 31.2 Å². The normalized spacial score (nSPS) is 38.1. The SMILES string of the molecule is CC(=CC12CCC3(C)C(CCC4C3(C)CCC3(C)C(C)(C)C(OC(=O)CC(C)(C)C(=O)O)CCC43C)C1=C(C(C)C)C(=O)C2)C(=O)NC1(c2ccc(Cl)cc2)CC1. The number of rotatable bonds is 9. The monoisotopic (exact) mass is 801 g/mol. The van der Waals surface area contributed by atoms with Crippen LogP contribution in [0.5, 0.6) is 0 Å². The van der Waals surface area contributed by atoms with Gasteiger partial charge in [-0.2, -0.15) is 0 Å². The van der Waals surface area contributed by atoms with E-state index >= 15 is 0 Å². The third-order valence-corrected chi connectivity index (χ3v) is 18.6. The second-order valence-electron chi connectivity index (χ2n) is 22.0. The number of fused-ring (bicyclic) bond motifs is 7. The Morgan fingerprint density at radius 2 is 1.53 bits per heavy atom. The van der Waals surface area contributed by atoms with E-state index in [1.165, 1.54) is 5.57 Å². The summed E-state index contributed by atoms with van der Waals surface area (Å²) in [6.45, 7) is 24.1. The minimum absolute atomic E-state index is 0.00650. The highest BCUT2D eigenvalue weighted by atomic mass is 35.5. The van der Waals surface area contributed by atoms with Crippen molar-refractivity contribution in [3.8, 4) is 0 Å². The van der Waals surface area contributed by atoms with Gasteiger partial charge in [-0.1, -0.05) is 85.2 Å². The number of ketones is 1. The van der Waals surface area contributed by atoms with Crippen LogP contribution in [0.2, 0.25) is 5.02 Å². The van der Waals surface area contributed by atoms with Gasteiger partial charge in [0, 0.05) is 27.8 Å². The molecule has 5 fully saturated rings. The molecule has 7 nitrogen and oxygen atoms in total. The summed E-state index contributed by atoms with van der Waals surface area (Å²) in [5.41, 5.74) is 1.69. The first-order valence-electron chi connectivity index (χ1n) is 21.8. The Kier molecular flexibility index (Phi) is 10.0. The number of aliphatic carboxylic acids is 1. The minimum atomic E-state index is -1.18. The summed E-state index contributed by atoms with van der Waals surface area (Å²) in [5, 5.41) is 13.7. The molecule has 0 heterocycles. The van der Waals surface area contributed by atoms with Crippen molar-refractivity contribution < 1.29 is 29.0 Å². The first-order valence-corrected chi connectivity index (χ1v) is 22.2. The molecule has 6 aliphatic carbocycles. The predicted molar refractivity (Wildman–Crippen MR) is 224 cm³/mol. The molecular weight excluding hydrogens is 734 g/mol. The van der Waals surface area contributed by atoms with E-state index < -0.39 is 22.8 Å². The largest absolute Gasteiger partial charge is 0.481 e. The maximum atomic E-state index is 14.2. The number of carbonyl (C=O) groups is 4. The van der Waals surface area contributed by atoms with Gasteiger partial charge in [0.25, 0.3) is 0 Å². The summed E-state index contributed by atoms with van der Waals surface area (Å²) in [6, 6.07) is 7.80. The van der Waals surface area contributed by atoms with Crippen molar-refractivity contribution in [3.63, 3.8) is 0 Å². The molecule has 0 bridgehead atoms. The lowest BCUT2D eigenvalue weighted by Crippen LogP contribution is -2.69. The molecule has 57 heavy (non-hydrogen) atoms. The number of esters is 1. The molecule has 8 heteroatoms. The summed E-state index contributed by atoms with van der Waals surface area (Å²) in [7, 11) is 0. The quantitative estimate of drug-likeness (QED) is 0.190. The molecular formula is C49H68ClNO6. The van der Waals surface area contributed by atoms with E-state index in [0.29, 0.717) is 22.9 Å². The first kappa shape index (κ1) is 42.2. The summed E-state index contributed by atoms with van der Waals surface area (Å²) < 4.78 is 6.25. The molecule has 1 amide bonds. The fraction of sp³-hybridized carbons (Fsp3) is 0.714. The molecule has 8 atom stereocenters. The van der Waals surface area contributed by atoms with Crippen LogP contribution in [0.25, 0.3) is 0 Å². The minimum Gasteiger partial charge on any atom is -0.481 e. The molecule has 0 aromatic heterocycles. The lowest BCUT2D eigenvalue weighted by molar-refractivity contribution is -0.270. The summed E-state index contributed by atoms with van der Waals surface area (Å²) in [4.78, 5) is 53.3. The average Bonchev–Trinajstić information content (AvgIpc) is 3.83. The zero-order valence-corrected chi connectivity index (χ0v) is 37.3. The van der Waals surface area contributed by atoms with E-state index in [9.17, 15) is 24.3 Å². The maximum absolute atomic E-state index is 14.2. The molecule has 0 radical (unpaired) electrons. The Balaban J connectivity index is 1.18. The predicted octanol–water partition coefficient (Wildman–Crippen LogP) is 11.2. The Morgan fingerprint density at radius 1 is 0.895 bits per heavy atom. The number of carboxylic acids is 1. The van der Waals surface area contributed by atoms with Crippen molar-refractivity contribution in [2.75, 3.05) is 0 Å². The van der Waals surface area contributed by atoms with Gasteiger partial charge in [0.05, 0.1) is 17.4 Å². The second kappa shape index (κ2) is 13.5. The Labute approximate surface area is 346 Å². The summed E-state index contributed by atoms with van der Waals surface area (Å²) >= 11 is 6.19. The van der Waals surface area contributed by atoms with E-state index in [2.05, 4.69) is 66.8 Å². The maximum Gasteiger partial charge on any atom is 0.309 e. The van der Waals surface area contributed by atoms with Gasteiger partial charge in [0.1, 0.15) is 6.10 Å². The fourth-order valence-electron chi connectivity index (χ4n) is 14.0. The molecule has 0 saturated heterocycles. The zero-order chi connectivity index (χ0) is 41.9. The number of Topliss-reactive ketones (excluding diaryl/α,β-unsaturated/α-hetero) is 1. The highest BCUT2D eigenvalue weighted by Crippen LogP contribution is 2.79. The van der Waals surface area contributed by atoms with E-state index in [4.69, 9.17) is 16.3 Å². The number of hydrogen-bond donors (Lipinski definition) is 2. The van der Waals surface area contributed by atoms with E-state index in [0.717, 1.165) is 75.3 Å². The Morgan fingerprint density at radius 3 is 2.12 bits per heavy atom. The number of hydrogen-bond acceptors (Lipinski definition) is 5. The fourth-order valence-corrected chi connectivity index (χ4v) is 14.1. The van der Waals surface area contributed by atoms with Crippen LogP contribution in [-0.4, -0.2) is 34.8 Å². The zero-order valence-electron chi connectivity index (χ0n) is 36.5. The van der Waals surface area contributed by atoms with E-state index in [1.54, 1.807) is 13.8 Å². The smallest absolute Gasteiger partial charge is 0.309 e. The average molecular weight is 803 g/mol. The number of allylic oxidation sites excluding steroid dienone is 3. The molecule has 0 spiro atoms. The highest BCUT2D eigenvalue weighted by molar-refractivity contribution is 6.30. The van der Waals surface area contributed by atoms with E-state index in [-0.39, 0.29) is 68.7 Å². The number of carbonyl (C=O) groups excluding carboxylic acids is 3. The summed E-state index contributed by atoms with van der Waals surface area (Å²) in [5.74, 6) is -0.415. The molecule has 0 aliphatic heterocycles. The second-order valence-corrected chi connectivity index (χ2v) is 22.4. The number of amides is 1. The van der Waals surface area contributed by atoms with Crippen molar-refractivity contribution in [3.05, 3.63) is 57.6 Å².